The van der Waals surface area contributed by atoms with Crippen molar-refractivity contribution in [3.8, 4) is 17.4 Å². The second kappa shape index (κ2) is 7.93. The molecule has 7 nitrogen and oxygen atoms in total. The van der Waals surface area contributed by atoms with Gasteiger partial charge < -0.3 is 9.47 Å². The molecule has 2 heterocycles. The number of aromatic nitrogens is 3. The maximum Gasteiger partial charge on any atom is 0.333 e. The lowest BCUT2D eigenvalue weighted by molar-refractivity contribution is -0.135. The summed E-state index contributed by atoms with van der Waals surface area (Å²) in [7, 11) is 0. The van der Waals surface area contributed by atoms with E-state index in [0.717, 1.165) is 10.1 Å². The fourth-order valence-electron chi connectivity index (χ4n) is 2.90. The van der Waals surface area contributed by atoms with Gasteiger partial charge in [0.25, 0.3) is 5.56 Å². The number of carbonyl (C=O) groups excluding carboxylic acids is 1. The van der Waals surface area contributed by atoms with Crippen molar-refractivity contribution in [2.45, 2.75) is 13.5 Å². The van der Waals surface area contributed by atoms with Crippen molar-refractivity contribution in [1.29, 1.82) is 0 Å². The van der Waals surface area contributed by atoms with Gasteiger partial charge in [0, 0.05) is 17.6 Å². The molecule has 4 aromatic rings. The molecule has 0 unspecified atom stereocenters. The highest BCUT2D eigenvalue weighted by molar-refractivity contribution is 5.83. The van der Waals surface area contributed by atoms with Gasteiger partial charge in [-0.3, -0.25) is 4.79 Å². The zero-order chi connectivity index (χ0) is 20.2. The van der Waals surface area contributed by atoms with Gasteiger partial charge in [-0.1, -0.05) is 24.3 Å². The quantitative estimate of drug-likeness (QED) is 0.385. The van der Waals surface area contributed by atoms with E-state index in [1.807, 2.05) is 18.2 Å². The van der Waals surface area contributed by atoms with Gasteiger partial charge in [0.05, 0.1) is 11.1 Å². The van der Waals surface area contributed by atoms with Gasteiger partial charge in [-0.15, -0.1) is 0 Å². The Morgan fingerprint density at radius 1 is 0.931 bits per heavy atom. The van der Waals surface area contributed by atoms with Gasteiger partial charge in [0.2, 0.25) is 5.88 Å². The van der Waals surface area contributed by atoms with E-state index in [-0.39, 0.29) is 12.1 Å². The van der Waals surface area contributed by atoms with Crippen LogP contribution in [0.1, 0.15) is 5.69 Å². The molecule has 0 bridgehead atoms. The highest BCUT2D eigenvalue weighted by atomic mass is 16.5. The second-order valence-electron chi connectivity index (χ2n) is 6.31. The first-order valence-corrected chi connectivity index (χ1v) is 8.96. The second-order valence-corrected chi connectivity index (χ2v) is 6.31. The SMILES string of the molecule is Cc1nn(CC(=O)Oc2ccc(Oc3ccccn3)cc2)c(=O)c2ccccc12. The molecule has 0 spiro atoms. The Labute approximate surface area is 166 Å². The summed E-state index contributed by atoms with van der Waals surface area (Å²) in [6.45, 7) is 1.51. The molecule has 0 fully saturated rings. The van der Waals surface area contributed by atoms with Gasteiger partial charge in [0.15, 0.2) is 0 Å². The van der Waals surface area contributed by atoms with Crippen LogP contribution in [0.15, 0.2) is 77.7 Å². The van der Waals surface area contributed by atoms with Gasteiger partial charge in [-0.25, -0.2) is 14.5 Å². The number of benzene rings is 2. The van der Waals surface area contributed by atoms with E-state index in [4.69, 9.17) is 9.47 Å². The Kier molecular flexibility index (Phi) is 5.03. The molecule has 0 aliphatic rings. The highest BCUT2D eigenvalue weighted by Gasteiger charge is 2.12. The molecule has 0 amide bonds. The number of rotatable bonds is 5. The molecule has 0 saturated carbocycles. The molecule has 0 N–H and O–H groups in total. The summed E-state index contributed by atoms with van der Waals surface area (Å²) in [4.78, 5) is 28.9. The number of esters is 1. The van der Waals surface area contributed by atoms with Gasteiger partial charge in [0.1, 0.15) is 18.0 Å². The van der Waals surface area contributed by atoms with Crippen molar-refractivity contribution in [3.63, 3.8) is 0 Å². The zero-order valence-electron chi connectivity index (χ0n) is 15.6. The first kappa shape index (κ1) is 18.4. The summed E-state index contributed by atoms with van der Waals surface area (Å²) >= 11 is 0. The third-order valence-electron chi connectivity index (χ3n) is 4.25. The van der Waals surface area contributed by atoms with Crippen LogP contribution in [0.2, 0.25) is 0 Å². The van der Waals surface area contributed by atoms with Crippen LogP contribution in [0.3, 0.4) is 0 Å². The lowest BCUT2D eigenvalue weighted by Crippen LogP contribution is -2.29. The molecule has 7 heteroatoms. The third kappa shape index (κ3) is 4.14. The van der Waals surface area contributed by atoms with Crippen molar-refractivity contribution >= 4 is 16.7 Å². The summed E-state index contributed by atoms with van der Waals surface area (Å²) in [5.74, 6) is 0.780. The van der Waals surface area contributed by atoms with E-state index in [2.05, 4.69) is 10.1 Å². The van der Waals surface area contributed by atoms with E-state index in [0.29, 0.717) is 28.5 Å². The summed E-state index contributed by atoms with van der Waals surface area (Å²) in [5, 5.41) is 5.51. The van der Waals surface area contributed by atoms with Gasteiger partial charge in [-0.05, 0) is 43.3 Å². The molecule has 0 saturated heterocycles. The molecular weight excluding hydrogens is 370 g/mol. The number of ether oxygens (including phenoxy) is 2. The van der Waals surface area contributed by atoms with Crippen molar-refractivity contribution in [3.05, 3.63) is 89.0 Å². The largest absolute Gasteiger partial charge is 0.439 e. The number of hydrogen-bond acceptors (Lipinski definition) is 6. The average Bonchev–Trinajstić information content (AvgIpc) is 2.74. The smallest absolute Gasteiger partial charge is 0.333 e. The van der Waals surface area contributed by atoms with Crippen molar-refractivity contribution < 1.29 is 14.3 Å². The van der Waals surface area contributed by atoms with E-state index in [9.17, 15) is 9.59 Å². The lowest BCUT2D eigenvalue weighted by Gasteiger charge is -2.09. The van der Waals surface area contributed by atoms with Crippen LogP contribution in [0.5, 0.6) is 17.4 Å². The Morgan fingerprint density at radius 3 is 2.34 bits per heavy atom. The van der Waals surface area contributed by atoms with Crippen LogP contribution in [0, 0.1) is 6.92 Å². The van der Waals surface area contributed by atoms with Crippen molar-refractivity contribution in [2.75, 3.05) is 0 Å². The monoisotopic (exact) mass is 387 g/mol. The number of pyridine rings is 1. The summed E-state index contributed by atoms with van der Waals surface area (Å²) in [6, 6.07) is 19.1. The third-order valence-corrected chi connectivity index (χ3v) is 4.25. The fourth-order valence-corrected chi connectivity index (χ4v) is 2.90. The Hall–Kier alpha value is -4.00. The molecule has 2 aromatic carbocycles. The first-order valence-electron chi connectivity index (χ1n) is 8.96. The fraction of sp³-hybridized carbons (Fsp3) is 0.0909. The number of carbonyl (C=O) groups is 1. The molecular formula is C22H17N3O4. The molecule has 0 atom stereocenters. The molecule has 4 rings (SSSR count). The lowest BCUT2D eigenvalue weighted by atomic mass is 10.1. The summed E-state index contributed by atoms with van der Waals surface area (Å²) < 4.78 is 12.0. The van der Waals surface area contributed by atoms with Gasteiger partial charge >= 0.3 is 5.97 Å². The molecule has 29 heavy (non-hydrogen) atoms. The van der Waals surface area contributed by atoms with E-state index in [1.165, 1.54) is 0 Å². The van der Waals surface area contributed by atoms with Crippen LogP contribution in [0.25, 0.3) is 10.8 Å². The van der Waals surface area contributed by atoms with Crippen molar-refractivity contribution in [1.82, 2.24) is 14.8 Å². The van der Waals surface area contributed by atoms with Crippen LogP contribution in [0.4, 0.5) is 0 Å². The maximum atomic E-state index is 12.6. The first-order chi connectivity index (χ1) is 14.1. The highest BCUT2D eigenvalue weighted by Crippen LogP contribution is 2.22. The number of nitrogens with zero attached hydrogens (tertiary/aromatic N) is 3. The minimum absolute atomic E-state index is 0.281. The number of fused-ring (bicyclic) bond motifs is 1. The molecule has 0 aliphatic carbocycles. The standard InChI is InChI=1S/C22H17N3O4/c1-15-18-6-2-3-7-19(18)22(27)25(24-15)14-21(26)29-17-11-9-16(10-12-17)28-20-8-4-5-13-23-20/h2-13H,14H2,1H3. The normalized spacial score (nSPS) is 10.7. The predicted octanol–water partition coefficient (Wildman–Crippen LogP) is 3.50. The molecule has 0 radical (unpaired) electrons. The van der Waals surface area contributed by atoms with Crippen LogP contribution in [-0.4, -0.2) is 20.7 Å². The number of aryl methyl sites for hydroxylation is 1. The maximum absolute atomic E-state index is 12.6. The topological polar surface area (TPSA) is 83.3 Å². The molecule has 144 valence electrons. The molecule has 0 aliphatic heterocycles. The van der Waals surface area contributed by atoms with Crippen LogP contribution >= 0.6 is 0 Å². The Morgan fingerprint density at radius 2 is 1.62 bits per heavy atom. The Bertz CT molecular complexity index is 1220. The summed E-state index contributed by atoms with van der Waals surface area (Å²) in [6.07, 6.45) is 1.63. The van der Waals surface area contributed by atoms with Crippen LogP contribution in [-0.2, 0) is 11.3 Å². The van der Waals surface area contributed by atoms with Crippen molar-refractivity contribution in [2.24, 2.45) is 0 Å². The molecule has 2 aromatic heterocycles. The average molecular weight is 387 g/mol. The van der Waals surface area contributed by atoms with Crippen LogP contribution < -0.4 is 15.0 Å². The van der Waals surface area contributed by atoms with E-state index in [1.54, 1.807) is 61.7 Å². The zero-order valence-corrected chi connectivity index (χ0v) is 15.6. The summed E-state index contributed by atoms with van der Waals surface area (Å²) in [5.41, 5.74) is 0.339. The minimum Gasteiger partial charge on any atom is -0.439 e. The van der Waals surface area contributed by atoms with E-state index < -0.39 is 5.97 Å². The Balaban J connectivity index is 1.45. The van der Waals surface area contributed by atoms with Gasteiger partial charge in [-0.2, -0.15) is 5.10 Å². The predicted molar refractivity (Wildman–Crippen MR) is 107 cm³/mol. The van der Waals surface area contributed by atoms with E-state index >= 15 is 0 Å². The number of hydrogen-bond donors (Lipinski definition) is 0. The minimum atomic E-state index is -0.590.